The van der Waals surface area contributed by atoms with Gasteiger partial charge in [0.2, 0.25) is 5.91 Å². The zero-order valence-electron chi connectivity index (χ0n) is 12.9. The van der Waals surface area contributed by atoms with E-state index < -0.39 is 5.97 Å². The molecular formula is C16H28N2O3. The molecule has 1 saturated heterocycles. The van der Waals surface area contributed by atoms with Crippen LogP contribution in [-0.4, -0.2) is 41.5 Å². The average Bonchev–Trinajstić information content (AvgIpc) is 2.48. The van der Waals surface area contributed by atoms with E-state index in [-0.39, 0.29) is 23.7 Å². The number of aliphatic carboxylic acids is 1. The molecule has 3 N–H and O–H groups in total. The minimum Gasteiger partial charge on any atom is -0.481 e. The summed E-state index contributed by atoms with van der Waals surface area (Å²) in [4.78, 5) is 25.2. The highest BCUT2D eigenvalue weighted by Gasteiger charge is 2.35. The van der Waals surface area contributed by atoms with Crippen LogP contribution in [-0.2, 0) is 9.59 Å². The molecule has 120 valence electrons. The summed E-state index contributed by atoms with van der Waals surface area (Å²) in [7, 11) is 0. The molecule has 0 aromatic rings. The first-order chi connectivity index (χ1) is 10.0. The molecule has 0 aromatic carbocycles. The van der Waals surface area contributed by atoms with Crippen LogP contribution in [0.15, 0.2) is 0 Å². The predicted molar refractivity (Wildman–Crippen MR) is 80.7 cm³/mol. The van der Waals surface area contributed by atoms with Crippen molar-refractivity contribution in [3.05, 3.63) is 0 Å². The Kier molecular flexibility index (Phi) is 5.62. The first-order valence-corrected chi connectivity index (χ1v) is 8.24. The standard InChI is InChI=1S/C16H28N2O3/c17-12-16(6-2-1-3-7-16)11-14(19)18-8-4-13(5-9-18)10-15(20)21/h13H,1-12,17H2,(H,20,21). The number of hydrogen-bond acceptors (Lipinski definition) is 3. The number of nitrogens with zero attached hydrogens (tertiary/aromatic N) is 1. The lowest BCUT2D eigenvalue weighted by Gasteiger charge is -2.39. The number of hydrogen-bond donors (Lipinski definition) is 2. The third kappa shape index (κ3) is 4.43. The molecule has 1 saturated carbocycles. The predicted octanol–water partition coefficient (Wildman–Crippen LogP) is 2.00. The fourth-order valence-electron chi connectivity index (χ4n) is 3.82. The Morgan fingerprint density at radius 1 is 1.14 bits per heavy atom. The van der Waals surface area contributed by atoms with Gasteiger partial charge in [0.05, 0.1) is 0 Å². The highest BCUT2D eigenvalue weighted by molar-refractivity contribution is 5.77. The number of carbonyl (C=O) groups is 2. The first-order valence-electron chi connectivity index (χ1n) is 8.24. The number of carboxylic acid groups (broad SMARTS) is 1. The van der Waals surface area contributed by atoms with Crippen LogP contribution in [0.1, 0.15) is 57.8 Å². The number of rotatable bonds is 5. The Morgan fingerprint density at radius 2 is 1.76 bits per heavy atom. The van der Waals surface area contributed by atoms with Crippen LogP contribution in [0, 0.1) is 11.3 Å². The lowest BCUT2D eigenvalue weighted by Crippen LogP contribution is -2.43. The average molecular weight is 296 g/mol. The van der Waals surface area contributed by atoms with Gasteiger partial charge >= 0.3 is 5.97 Å². The summed E-state index contributed by atoms with van der Waals surface area (Å²) >= 11 is 0. The minimum absolute atomic E-state index is 0.0211. The number of nitrogens with two attached hydrogens (primary N) is 1. The molecule has 0 unspecified atom stereocenters. The lowest BCUT2D eigenvalue weighted by atomic mass is 9.71. The minimum atomic E-state index is -0.732. The van der Waals surface area contributed by atoms with E-state index >= 15 is 0 Å². The van der Waals surface area contributed by atoms with Gasteiger partial charge in [-0.05, 0) is 43.6 Å². The third-order valence-electron chi connectivity index (χ3n) is 5.30. The molecule has 0 radical (unpaired) electrons. The summed E-state index contributed by atoms with van der Waals surface area (Å²) < 4.78 is 0. The van der Waals surface area contributed by atoms with Gasteiger partial charge in [-0.15, -0.1) is 0 Å². The third-order valence-corrected chi connectivity index (χ3v) is 5.30. The quantitative estimate of drug-likeness (QED) is 0.812. The fraction of sp³-hybridized carbons (Fsp3) is 0.875. The molecule has 2 aliphatic rings. The number of piperidine rings is 1. The monoisotopic (exact) mass is 296 g/mol. The van der Waals surface area contributed by atoms with E-state index in [1.807, 2.05) is 4.90 Å². The van der Waals surface area contributed by atoms with Crippen molar-refractivity contribution in [3.63, 3.8) is 0 Å². The molecule has 0 bridgehead atoms. The van der Waals surface area contributed by atoms with Gasteiger partial charge in [0.15, 0.2) is 0 Å². The van der Waals surface area contributed by atoms with E-state index in [1.54, 1.807) is 0 Å². The van der Waals surface area contributed by atoms with Gasteiger partial charge in [-0.25, -0.2) is 0 Å². The molecule has 2 fully saturated rings. The van der Waals surface area contributed by atoms with Crippen LogP contribution in [0.5, 0.6) is 0 Å². The van der Waals surface area contributed by atoms with E-state index in [4.69, 9.17) is 10.8 Å². The molecule has 1 amide bonds. The van der Waals surface area contributed by atoms with Crippen molar-refractivity contribution in [3.8, 4) is 0 Å². The molecule has 0 spiro atoms. The van der Waals surface area contributed by atoms with Crippen molar-refractivity contribution in [1.82, 2.24) is 4.90 Å². The maximum absolute atomic E-state index is 12.5. The van der Waals surface area contributed by atoms with Crippen LogP contribution in [0.4, 0.5) is 0 Å². The van der Waals surface area contributed by atoms with Crippen LogP contribution in [0.3, 0.4) is 0 Å². The number of carboxylic acids is 1. The summed E-state index contributed by atoms with van der Waals surface area (Å²) in [6.07, 6.45) is 8.21. The van der Waals surface area contributed by atoms with E-state index in [0.717, 1.165) is 25.7 Å². The zero-order valence-corrected chi connectivity index (χ0v) is 12.9. The molecule has 5 heteroatoms. The zero-order chi connectivity index (χ0) is 15.3. The van der Waals surface area contributed by atoms with Crippen LogP contribution >= 0.6 is 0 Å². The van der Waals surface area contributed by atoms with Crippen LogP contribution < -0.4 is 5.73 Å². The molecule has 1 aliphatic carbocycles. The van der Waals surface area contributed by atoms with Crippen molar-refractivity contribution in [1.29, 1.82) is 0 Å². The maximum Gasteiger partial charge on any atom is 0.303 e. The van der Waals surface area contributed by atoms with E-state index in [1.165, 1.54) is 19.3 Å². The number of carbonyl (C=O) groups excluding carboxylic acids is 1. The molecule has 5 nitrogen and oxygen atoms in total. The van der Waals surface area contributed by atoms with Crippen molar-refractivity contribution >= 4 is 11.9 Å². The lowest BCUT2D eigenvalue weighted by molar-refractivity contribution is -0.139. The Balaban J connectivity index is 1.82. The van der Waals surface area contributed by atoms with Gasteiger partial charge < -0.3 is 15.7 Å². The first kappa shape index (κ1) is 16.3. The van der Waals surface area contributed by atoms with Gasteiger partial charge in [0.1, 0.15) is 0 Å². The smallest absolute Gasteiger partial charge is 0.303 e. The van der Waals surface area contributed by atoms with Gasteiger partial charge in [0.25, 0.3) is 0 Å². The Bertz CT molecular complexity index is 370. The Labute approximate surface area is 126 Å². The molecule has 0 atom stereocenters. The van der Waals surface area contributed by atoms with Crippen LogP contribution in [0.2, 0.25) is 0 Å². The molecule has 21 heavy (non-hydrogen) atoms. The second kappa shape index (κ2) is 7.25. The summed E-state index contributed by atoms with van der Waals surface area (Å²) in [6, 6.07) is 0. The van der Waals surface area contributed by atoms with Crippen molar-refractivity contribution in [2.24, 2.45) is 17.1 Å². The highest BCUT2D eigenvalue weighted by atomic mass is 16.4. The van der Waals surface area contributed by atoms with Gasteiger partial charge in [-0.2, -0.15) is 0 Å². The fourth-order valence-corrected chi connectivity index (χ4v) is 3.82. The SMILES string of the molecule is NCC1(CC(=O)N2CCC(CC(=O)O)CC2)CCCCC1. The van der Waals surface area contributed by atoms with Gasteiger partial charge in [-0.1, -0.05) is 19.3 Å². The Hall–Kier alpha value is -1.10. The molecule has 0 aromatic heterocycles. The van der Waals surface area contributed by atoms with E-state index in [2.05, 4.69) is 0 Å². The van der Waals surface area contributed by atoms with E-state index in [0.29, 0.717) is 26.1 Å². The van der Waals surface area contributed by atoms with Crippen molar-refractivity contribution in [2.75, 3.05) is 19.6 Å². The van der Waals surface area contributed by atoms with Crippen molar-refractivity contribution in [2.45, 2.75) is 57.8 Å². The van der Waals surface area contributed by atoms with Gasteiger partial charge in [0, 0.05) is 25.9 Å². The Morgan fingerprint density at radius 3 is 2.29 bits per heavy atom. The summed E-state index contributed by atoms with van der Waals surface area (Å²) in [5.41, 5.74) is 5.98. The van der Waals surface area contributed by atoms with E-state index in [9.17, 15) is 9.59 Å². The summed E-state index contributed by atoms with van der Waals surface area (Å²) in [5, 5.41) is 8.83. The number of amides is 1. The van der Waals surface area contributed by atoms with Gasteiger partial charge in [-0.3, -0.25) is 9.59 Å². The topological polar surface area (TPSA) is 83.6 Å². The summed E-state index contributed by atoms with van der Waals surface area (Å²) in [5.74, 6) is -0.287. The second-order valence-electron chi connectivity index (χ2n) is 6.86. The number of likely N-dealkylation sites (tertiary alicyclic amines) is 1. The molecule has 2 rings (SSSR count). The van der Waals surface area contributed by atoms with Crippen molar-refractivity contribution < 1.29 is 14.7 Å². The summed E-state index contributed by atoms with van der Waals surface area (Å²) in [6.45, 7) is 2.02. The molecule has 1 aliphatic heterocycles. The second-order valence-corrected chi connectivity index (χ2v) is 6.86. The van der Waals surface area contributed by atoms with Crippen LogP contribution in [0.25, 0.3) is 0 Å². The maximum atomic E-state index is 12.5. The molecular weight excluding hydrogens is 268 g/mol. The molecule has 1 heterocycles. The largest absolute Gasteiger partial charge is 0.481 e. The highest BCUT2D eigenvalue weighted by Crippen LogP contribution is 2.39. The normalized spacial score (nSPS) is 23.0.